The van der Waals surface area contributed by atoms with Crippen molar-refractivity contribution in [1.82, 2.24) is 5.32 Å². The van der Waals surface area contributed by atoms with E-state index in [0.29, 0.717) is 5.69 Å². The highest BCUT2D eigenvalue weighted by Gasteiger charge is 2.28. The summed E-state index contributed by atoms with van der Waals surface area (Å²) in [6.45, 7) is 7.27. The molecule has 3 N–H and O–H groups in total. The number of carboxylic acid groups (broad SMARTS) is 1. The van der Waals surface area contributed by atoms with Gasteiger partial charge in [0, 0.05) is 11.7 Å². The zero-order valence-corrected chi connectivity index (χ0v) is 12.7. The smallest absolute Gasteiger partial charge is 0.319 e. The molecule has 0 aliphatic carbocycles. The number of benzene rings is 1. The summed E-state index contributed by atoms with van der Waals surface area (Å²) in [7, 11) is 0. The van der Waals surface area contributed by atoms with Crippen molar-refractivity contribution in [3.63, 3.8) is 0 Å². The van der Waals surface area contributed by atoms with Gasteiger partial charge in [0.1, 0.15) is 5.82 Å². The molecule has 0 aliphatic heterocycles. The lowest BCUT2D eigenvalue weighted by molar-refractivity contribution is -0.138. The first-order valence-electron chi connectivity index (χ1n) is 6.65. The Hall–Kier alpha value is -2.11. The van der Waals surface area contributed by atoms with Gasteiger partial charge in [0.05, 0.1) is 6.42 Å². The molecule has 0 bridgehead atoms. The molecule has 0 saturated carbocycles. The van der Waals surface area contributed by atoms with E-state index in [4.69, 9.17) is 5.11 Å². The van der Waals surface area contributed by atoms with Crippen LogP contribution >= 0.6 is 0 Å². The van der Waals surface area contributed by atoms with E-state index in [1.165, 1.54) is 12.1 Å². The van der Waals surface area contributed by atoms with Crippen LogP contribution in [0, 0.1) is 18.2 Å². The molecule has 0 radical (unpaired) electrons. The molecule has 1 aromatic carbocycles. The molecular weight excluding hydrogens is 275 g/mol. The van der Waals surface area contributed by atoms with Crippen LogP contribution in [0.3, 0.4) is 0 Å². The quantitative estimate of drug-likeness (QED) is 0.798. The van der Waals surface area contributed by atoms with Gasteiger partial charge in [-0.3, -0.25) is 4.79 Å². The molecule has 6 heteroatoms. The Balaban J connectivity index is 2.78. The van der Waals surface area contributed by atoms with Gasteiger partial charge >= 0.3 is 12.0 Å². The second-order valence-electron chi connectivity index (χ2n) is 6.07. The summed E-state index contributed by atoms with van der Waals surface area (Å²) in [6.07, 6.45) is -0.181. The van der Waals surface area contributed by atoms with Gasteiger partial charge in [-0.25, -0.2) is 9.18 Å². The van der Waals surface area contributed by atoms with E-state index in [1.54, 1.807) is 13.0 Å². The third kappa shape index (κ3) is 5.41. The Labute approximate surface area is 123 Å². The zero-order chi connectivity index (χ0) is 16.2. The predicted molar refractivity (Wildman–Crippen MR) is 78.8 cm³/mol. The van der Waals surface area contributed by atoms with Crippen molar-refractivity contribution in [2.75, 3.05) is 5.32 Å². The summed E-state index contributed by atoms with van der Waals surface area (Å²) in [5, 5.41) is 14.1. The number of aliphatic carboxylic acids is 1. The van der Waals surface area contributed by atoms with Crippen molar-refractivity contribution in [2.45, 2.75) is 40.2 Å². The van der Waals surface area contributed by atoms with Crippen molar-refractivity contribution in [3.05, 3.63) is 29.6 Å². The largest absolute Gasteiger partial charge is 0.481 e. The normalized spacial score (nSPS) is 12.6. The van der Waals surface area contributed by atoms with Crippen LogP contribution in [-0.4, -0.2) is 23.1 Å². The fraction of sp³-hybridized carbons (Fsp3) is 0.467. The molecule has 1 aromatic rings. The molecule has 1 atom stereocenters. The maximum Gasteiger partial charge on any atom is 0.319 e. The van der Waals surface area contributed by atoms with Gasteiger partial charge in [-0.1, -0.05) is 26.8 Å². The minimum absolute atomic E-state index is 0.181. The van der Waals surface area contributed by atoms with Crippen LogP contribution in [-0.2, 0) is 4.79 Å². The number of halogens is 1. The van der Waals surface area contributed by atoms with Crippen molar-refractivity contribution in [2.24, 2.45) is 5.41 Å². The Kier molecular flexibility index (Phi) is 5.29. The fourth-order valence-electron chi connectivity index (χ4n) is 1.79. The van der Waals surface area contributed by atoms with Gasteiger partial charge in [0.25, 0.3) is 0 Å². The number of hydrogen-bond acceptors (Lipinski definition) is 2. The van der Waals surface area contributed by atoms with Crippen LogP contribution in [0.25, 0.3) is 0 Å². The lowest BCUT2D eigenvalue weighted by atomic mass is 9.85. The highest BCUT2D eigenvalue weighted by molar-refractivity contribution is 5.90. The van der Waals surface area contributed by atoms with Gasteiger partial charge in [-0.15, -0.1) is 0 Å². The molecule has 0 fully saturated rings. The van der Waals surface area contributed by atoms with E-state index >= 15 is 0 Å². The summed E-state index contributed by atoms with van der Waals surface area (Å²) >= 11 is 0. The average Bonchev–Trinajstić information content (AvgIpc) is 2.31. The van der Waals surface area contributed by atoms with Gasteiger partial charge in [-0.05, 0) is 30.0 Å². The number of carbonyl (C=O) groups is 2. The molecular formula is C15H21FN2O3. The van der Waals surface area contributed by atoms with Gasteiger partial charge < -0.3 is 15.7 Å². The third-order valence-electron chi connectivity index (χ3n) is 3.18. The molecule has 0 spiro atoms. The maximum atomic E-state index is 13.2. The molecule has 2 amide bonds. The Bertz CT molecular complexity index is 538. The van der Waals surface area contributed by atoms with Crippen molar-refractivity contribution >= 4 is 17.7 Å². The first-order chi connectivity index (χ1) is 9.59. The minimum Gasteiger partial charge on any atom is -0.481 e. The van der Waals surface area contributed by atoms with Crippen LogP contribution < -0.4 is 10.6 Å². The summed E-state index contributed by atoms with van der Waals surface area (Å²) in [5.74, 6) is -1.44. The summed E-state index contributed by atoms with van der Waals surface area (Å²) < 4.78 is 13.2. The van der Waals surface area contributed by atoms with E-state index < -0.39 is 29.3 Å². The van der Waals surface area contributed by atoms with Crippen molar-refractivity contribution in [3.8, 4) is 0 Å². The van der Waals surface area contributed by atoms with Gasteiger partial charge in [-0.2, -0.15) is 0 Å². The molecule has 0 heterocycles. The number of amides is 2. The molecule has 116 valence electrons. The second kappa shape index (κ2) is 6.56. The monoisotopic (exact) mass is 296 g/mol. The minimum atomic E-state index is -0.989. The van der Waals surface area contributed by atoms with Crippen molar-refractivity contribution < 1.29 is 19.1 Å². The number of carbonyl (C=O) groups excluding carboxylic acids is 1. The lowest BCUT2D eigenvalue weighted by Gasteiger charge is -2.30. The Morgan fingerprint density at radius 2 is 1.95 bits per heavy atom. The van der Waals surface area contributed by atoms with Crippen LogP contribution in [0.1, 0.15) is 32.8 Å². The fourth-order valence-corrected chi connectivity index (χ4v) is 1.79. The zero-order valence-electron chi connectivity index (χ0n) is 12.7. The Morgan fingerprint density at radius 1 is 1.33 bits per heavy atom. The van der Waals surface area contributed by atoms with E-state index in [1.807, 2.05) is 20.8 Å². The van der Waals surface area contributed by atoms with Crippen LogP contribution in [0.4, 0.5) is 14.9 Å². The van der Waals surface area contributed by atoms with E-state index in [-0.39, 0.29) is 6.42 Å². The SMILES string of the molecule is Cc1ccc(F)cc1NC(=O)NC(CC(=O)O)C(C)(C)C. The number of anilines is 1. The number of urea groups is 1. The van der Waals surface area contributed by atoms with Crippen LogP contribution in [0.15, 0.2) is 18.2 Å². The number of carboxylic acids is 1. The highest BCUT2D eigenvalue weighted by atomic mass is 19.1. The molecule has 0 saturated heterocycles. The summed E-state index contributed by atoms with van der Waals surface area (Å²) in [6, 6.07) is 3.00. The first kappa shape index (κ1) is 16.9. The molecule has 21 heavy (non-hydrogen) atoms. The topological polar surface area (TPSA) is 78.4 Å². The summed E-state index contributed by atoms with van der Waals surface area (Å²) in [4.78, 5) is 22.9. The molecule has 1 unspecified atom stereocenters. The van der Waals surface area contributed by atoms with Crippen molar-refractivity contribution in [1.29, 1.82) is 0 Å². The van der Waals surface area contributed by atoms with Crippen LogP contribution in [0.2, 0.25) is 0 Å². The Morgan fingerprint density at radius 3 is 2.48 bits per heavy atom. The molecule has 0 aliphatic rings. The molecule has 5 nitrogen and oxygen atoms in total. The number of rotatable bonds is 4. The standard InChI is InChI=1S/C15H21FN2O3/c1-9-5-6-10(16)7-11(9)17-14(21)18-12(8-13(19)20)15(2,3)4/h5-7,12H,8H2,1-4H3,(H,19,20)(H2,17,18,21). The number of nitrogens with one attached hydrogen (secondary N) is 2. The highest BCUT2D eigenvalue weighted by Crippen LogP contribution is 2.22. The van der Waals surface area contributed by atoms with Crippen LogP contribution in [0.5, 0.6) is 0 Å². The lowest BCUT2D eigenvalue weighted by Crippen LogP contribution is -2.46. The first-order valence-corrected chi connectivity index (χ1v) is 6.65. The third-order valence-corrected chi connectivity index (χ3v) is 3.18. The number of hydrogen-bond donors (Lipinski definition) is 3. The van der Waals surface area contributed by atoms with E-state index in [9.17, 15) is 14.0 Å². The van der Waals surface area contributed by atoms with Gasteiger partial charge in [0.2, 0.25) is 0 Å². The number of aryl methyl sites for hydroxylation is 1. The summed E-state index contributed by atoms with van der Waals surface area (Å²) in [5.41, 5.74) is 0.666. The van der Waals surface area contributed by atoms with E-state index in [0.717, 1.165) is 5.56 Å². The second-order valence-corrected chi connectivity index (χ2v) is 6.07. The van der Waals surface area contributed by atoms with E-state index in [2.05, 4.69) is 10.6 Å². The van der Waals surface area contributed by atoms with Gasteiger partial charge in [0.15, 0.2) is 0 Å². The molecule has 0 aromatic heterocycles. The maximum absolute atomic E-state index is 13.2. The predicted octanol–water partition coefficient (Wildman–Crippen LogP) is 3.15. The average molecular weight is 296 g/mol. The molecule has 1 rings (SSSR count).